The van der Waals surface area contributed by atoms with E-state index in [1.54, 1.807) is 0 Å². The van der Waals surface area contributed by atoms with Gasteiger partial charge in [-0.2, -0.15) is 0 Å². The Kier molecular flexibility index (Phi) is 5.74. The topological polar surface area (TPSA) is 62.4 Å². The predicted octanol–water partition coefficient (Wildman–Crippen LogP) is 0.712. The maximum atomic E-state index is 11.7. The molecule has 3 N–H and O–H groups in total. The molecule has 2 rings (SSSR count). The molecule has 5 heteroatoms. The van der Waals surface area contributed by atoms with Gasteiger partial charge < -0.3 is 20.7 Å². The van der Waals surface area contributed by atoms with Crippen LogP contribution in [0, 0.1) is 11.8 Å². The van der Waals surface area contributed by atoms with E-state index in [9.17, 15) is 4.79 Å². The lowest BCUT2D eigenvalue weighted by molar-refractivity contribution is 0.0669. The first kappa shape index (κ1) is 13.6. The Labute approximate surface area is 109 Å². The molecule has 0 aliphatic carbocycles. The van der Waals surface area contributed by atoms with Gasteiger partial charge in [-0.25, -0.2) is 4.79 Å². The van der Waals surface area contributed by atoms with Crippen molar-refractivity contribution in [3.8, 4) is 0 Å². The lowest BCUT2D eigenvalue weighted by atomic mass is 10.00. The van der Waals surface area contributed by atoms with Crippen LogP contribution in [0.2, 0.25) is 0 Å². The molecule has 0 spiro atoms. The zero-order valence-electron chi connectivity index (χ0n) is 11.0. The van der Waals surface area contributed by atoms with Crippen molar-refractivity contribution < 1.29 is 9.53 Å². The number of urea groups is 1. The highest BCUT2D eigenvalue weighted by atomic mass is 16.5. The summed E-state index contributed by atoms with van der Waals surface area (Å²) in [4.78, 5) is 11.7. The molecule has 104 valence electrons. The normalized spacial score (nSPS) is 25.7. The minimum atomic E-state index is -0.0212. The van der Waals surface area contributed by atoms with Crippen LogP contribution in [-0.2, 0) is 4.74 Å². The molecular formula is C13H25N3O2. The second kappa shape index (κ2) is 7.59. The second-order valence-corrected chi connectivity index (χ2v) is 5.36. The van der Waals surface area contributed by atoms with E-state index in [0.717, 1.165) is 52.2 Å². The summed E-state index contributed by atoms with van der Waals surface area (Å²) in [6, 6.07) is -0.0212. The fourth-order valence-corrected chi connectivity index (χ4v) is 2.59. The van der Waals surface area contributed by atoms with Crippen molar-refractivity contribution in [2.75, 3.05) is 39.4 Å². The van der Waals surface area contributed by atoms with Crippen molar-refractivity contribution in [1.29, 1.82) is 0 Å². The number of hydrogen-bond acceptors (Lipinski definition) is 3. The Morgan fingerprint density at radius 3 is 2.50 bits per heavy atom. The van der Waals surface area contributed by atoms with Crippen LogP contribution in [0.3, 0.4) is 0 Å². The average molecular weight is 255 g/mol. The van der Waals surface area contributed by atoms with Crippen LogP contribution in [0.5, 0.6) is 0 Å². The van der Waals surface area contributed by atoms with Gasteiger partial charge in [0.25, 0.3) is 0 Å². The summed E-state index contributed by atoms with van der Waals surface area (Å²) in [6.07, 6.45) is 4.56. The molecule has 2 saturated heterocycles. The Bertz CT molecular complexity index is 225. The van der Waals surface area contributed by atoms with E-state index < -0.39 is 0 Å². The van der Waals surface area contributed by atoms with Crippen molar-refractivity contribution in [3.05, 3.63) is 0 Å². The van der Waals surface area contributed by atoms with Gasteiger partial charge in [0.2, 0.25) is 0 Å². The molecule has 5 nitrogen and oxygen atoms in total. The maximum absolute atomic E-state index is 11.7. The summed E-state index contributed by atoms with van der Waals surface area (Å²) in [7, 11) is 0. The van der Waals surface area contributed by atoms with Crippen LogP contribution in [-0.4, -0.2) is 45.4 Å². The third-order valence-electron chi connectivity index (χ3n) is 3.84. The molecule has 18 heavy (non-hydrogen) atoms. The van der Waals surface area contributed by atoms with E-state index >= 15 is 0 Å². The molecule has 2 heterocycles. The first-order valence-corrected chi connectivity index (χ1v) is 7.15. The molecular weight excluding hydrogens is 230 g/mol. The van der Waals surface area contributed by atoms with Crippen LogP contribution in [0.15, 0.2) is 0 Å². The van der Waals surface area contributed by atoms with E-state index in [0.29, 0.717) is 11.8 Å². The van der Waals surface area contributed by atoms with Crippen LogP contribution in [0.25, 0.3) is 0 Å². The summed E-state index contributed by atoms with van der Waals surface area (Å²) in [5.41, 5.74) is 0. The van der Waals surface area contributed by atoms with Gasteiger partial charge in [0.15, 0.2) is 0 Å². The van der Waals surface area contributed by atoms with Gasteiger partial charge in [0.05, 0.1) is 0 Å². The highest BCUT2D eigenvalue weighted by Gasteiger charge is 2.16. The molecule has 0 aromatic carbocycles. The summed E-state index contributed by atoms with van der Waals surface area (Å²) < 4.78 is 5.30. The maximum Gasteiger partial charge on any atom is 0.314 e. The molecule has 0 saturated carbocycles. The highest BCUT2D eigenvalue weighted by molar-refractivity contribution is 5.73. The van der Waals surface area contributed by atoms with Crippen molar-refractivity contribution in [3.63, 3.8) is 0 Å². The van der Waals surface area contributed by atoms with Crippen LogP contribution in [0.1, 0.15) is 25.7 Å². The van der Waals surface area contributed by atoms with Crippen molar-refractivity contribution in [2.24, 2.45) is 11.8 Å². The number of rotatable bonds is 4. The monoisotopic (exact) mass is 255 g/mol. The van der Waals surface area contributed by atoms with Crippen molar-refractivity contribution >= 4 is 6.03 Å². The lowest BCUT2D eigenvalue weighted by Crippen LogP contribution is -2.43. The average Bonchev–Trinajstić information content (AvgIpc) is 2.45. The quantitative estimate of drug-likeness (QED) is 0.693. The summed E-state index contributed by atoms with van der Waals surface area (Å²) in [5.74, 6) is 1.17. The van der Waals surface area contributed by atoms with E-state index in [1.165, 1.54) is 12.8 Å². The van der Waals surface area contributed by atoms with Gasteiger partial charge in [0.1, 0.15) is 0 Å². The fraction of sp³-hybridized carbons (Fsp3) is 0.923. The number of hydrogen-bond donors (Lipinski definition) is 3. The number of ether oxygens (including phenoxy) is 1. The first-order chi connectivity index (χ1) is 8.84. The van der Waals surface area contributed by atoms with Gasteiger partial charge in [-0.15, -0.1) is 0 Å². The van der Waals surface area contributed by atoms with E-state index in [-0.39, 0.29) is 6.03 Å². The second-order valence-electron chi connectivity index (χ2n) is 5.36. The Morgan fingerprint density at radius 2 is 1.83 bits per heavy atom. The molecule has 2 aliphatic heterocycles. The van der Waals surface area contributed by atoms with E-state index in [1.807, 2.05) is 0 Å². The first-order valence-electron chi connectivity index (χ1n) is 7.15. The van der Waals surface area contributed by atoms with E-state index in [4.69, 9.17) is 4.74 Å². The number of amides is 2. The molecule has 0 aromatic heterocycles. The molecule has 2 amide bonds. The Balaban J connectivity index is 1.54. The van der Waals surface area contributed by atoms with Gasteiger partial charge in [-0.3, -0.25) is 0 Å². The van der Waals surface area contributed by atoms with Gasteiger partial charge >= 0.3 is 6.03 Å². The third-order valence-corrected chi connectivity index (χ3v) is 3.84. The summed E-state index contributed by atoms with van der Waals surface area (Å²) in [6.45, 7) is 5.38. The molecule has 0 aromatic rings. The van der Waals surface area contributed by atoms with Crippen LogP contribution < -0.4 is 16.0 Å². The smallest absolute Gasteiger partial charge is 0.314 e. The Morgan fingerprint density at radius 1 is 1.11 bits per heavy atom. The zero-order chi connectivity index (χ0) is 12.6. The molecule has 2 fully saturated rings. The fourth-order valence-electron chi connectivity index (χ4n) is 2.59. The van der Waals surface area contributed by atoms with Crippen LogP contribution >= 0.6 is 0 Å². The third kappa shape index (κ3) is 4.82. The zero-order valence-corrected chi connectivity index (χ0v) is 11.0. The number of piperidine rings is 1. The van der Waals surface area contributed by atoms with Gasteiger partial charge in [0, 0.05) is 26.3 Å². The van der Waals surface area contributed by atoms with Gasteiger partial charge in [-0.05, 0) is 50.6 Å². The number of carbonyl (C=O) groups is 1. The SMILES string of the molecule is O=C(NCC1CCOCC1)NCC1CCCNC1. The van der Waals surface area contributed by atoms with Gasteiger partial charge in [-0.1, -0.05) is 0 Å². The summed E-state index contributed by atoms with van der Waals surface area (Å²) in [5, 5.41) is 9.29. The Hall–Kier alpha value is -0.810. The molecule has 1 atom stereocenters. The van der Waals surface area contributed by atoms with Crippen LogP contribution in [0.4, 0.5) is 4.79 Å². The summed E-state index contributed by atoms with van der Waals surface area (Å²) >= 11 is 0. The predicted molar refractivity (Wildman–Crippen MR) is 70.5 cm³/mol. The molecule has 2 aliphatic rings. The van der Waals surface area contributed by atoms with Crippen molar-refractivity contribution in [1.82, 2.24) is 16.0 Å². The minimum Gasteiger partial charge on any atom is -0.381 e. The number of nitrogens with one attached hydrogen (secondary N) is 3. The largest absolute Gasteiger partial charge is 0.381 e. The highest BCUT2D eigenvalue weighted by Crippen LogP contribution is 2.13. The lowest BCUT2D eigenvalue weighted by Gasteiger charge is -2.24. The number of carbonyl (C=O) groups excluding carboxylic acids is 1. The molecule has 1 unspecified atom stereocenters. The minimum absolute atomic E-state index is 0.0212. The standard InChI is InChI=1S/C13H25N3O2/c17-13(15-9-11-3-6-18-7-4-11)16-10-12-2-1-5-14-8-12/h11-12,14H,1-10H2,(H2,15,16,17). The van der Waals surface area contributed by atoms with Crippen molar-refractivity contribution in [2.45, 2.75) is 25.7 Å². The molecule has 0 bridgehead atoms. The van der Waals surface area contributed by atoms with E-state index in [2.05, 4.69) is 16.0 Å². The molecule has 0 radical (unpaired) electrons.